The number of nitrogens with one attached hydrogen (secondary N) is 1. The number of fused-ring (bicyclic) bond motifs is 2. The number of carbonyl (C=O) groups is 2. The normalized spacial score (nSPS) is 18.1. The third-order valence-electron chi connectivity index (χ3n) is 5.33. The molecule has 0 bridgehead atoms. The highest BCUT2D eigenvalue weighted by Gasteiger charge is 2.32. The first-order valence-corrected chi connectivity index (χ1v) is 9.68. The molecule has 6 nitrogen and oxygen atoms in total. The first-order chi connectivity index (χ1) is 14.2. The van der Waals surface area contributed by atoms with Gasteiger partial charge in [0.1, 0.15) is 13.2 Å². The summed E-state index contributed by atoms with van der Waals surface area (Å²) >= 11 is 0. The minimum atomic E-state index is -0.248. The van der Waals surface area contributed by atoms with Gasteiger partial charge in [-0.15, -0.1) is 0 Å². The fourth-order valence-corrected chi connectivity index (χ4v) is 3.94. The number of carbonyl (C=O) groups excluding carboxylic acids is 2. The first-order valence-electron chi connectivity index (χ1n) is 9.68. The van der Waals surface area contributed by atoms with Gasteiger partial charge >= 0.3 is 0 Å². The summed E-state index contributed by atoms with van der Waals surface area (Å²) < 4.78 is 11.2. The zero-order valence-corrected chi connectivity index (χ0v) is 15.8. The molecule has 2 aliphatic rings. The zero-order chi connectivity index (χ0) is 19.8. The molecule has 1 N–H and O–H groups in total. The van der Waals surface area contributed by atoms with Crippen LogP contribution in [0.4, 0.5) is 5.69 Å². The van der Waals surface area contributed by atoms with Gasteiger partial charge in [-0.2, -0.15) is 0 Å². The Balaban J connectivity index is 1.33. The van der Waals surface area contributed by atoms with Gasteiger partial charge in [-0.25, -0.2) is 0 Å². The molecule has 6 heteroatoms. The lowest BCUT2D eigenvalue weighted by molar-refractivity contribution is -0.117. The van der Waals surface area contributed by atoms with E-state index in [0.29, 0.717) is 36.8 Å². The number of nitrogens with zero attached hydrogens (tertiary/aromatic N) is 1. The minimum absolute atomic E-state index is 0.0232. The molecule has 0 aliphatic carbocycles. The monoisotopic (exact) mass is 388 g/mol. The second kappa shape index (κ2) is 7.13. The molecule has 0 aromatic heterocycles. The Kier molecular flexibility index (Phi) is 4.31. The SMILES string of the molecule is O=C(N[C@@H]1CC(=O)N(c2ccc3c(c2)OCCO3)C1)c1cccc2ccccc12. The van der Waals surface area contributed by atoms with Gasteiger partial charge in [0, 0.05) is 30.3 Å². The molecule has 3 aromatic rings. The molecular weight excluding hydrogens is 368 g/mol. The van der Waals surface area contributed by atoms with E-state index in [0.717, 1.165) is 16.5 Å². The van der Waals surface area contributed by atoms with E-state index >= 15 is 0 Å². The number of amides is 2. The van der Waals surface area contributed by atoms with Crippen molar-refractivity contribution in [3.05, 3.63) is 66.2 Å². The number of hydrogen-bond donors (Lipinski definition) is 1. The molecule has 5 rings (SSSR count). The van der Waals surface area contributed by atoms with Crippen molar-refractivity contribution in [1.82, 2.24) is 5.32 Å². The van der Waals surface area contributed by atoms with Crippen molar-refractivity contribution >= 4 is 28.3 Å². The van der Waals surface area contributed by atoms with E-state index in [-0.39, 0.29) is 24.3 Å². The Hall–Kier alpha value is -3.54. The maximum absolute atomic E-state index is 12.9. The first kappa shape index (κ1) is 17.6. The number of rotatable bonds is 3. The van der Waals surface area contributed by atoms with Gasteiger partial charge in [0.15, 0.2) is 11.5 Å². The van der Waals surface area contributed by atoms with Crippen LogP contribution in [0.15, 0.2) is 60.7 Å². The molecule has 0 spiro atoms. The van der Waals surface area contributed by atoms with Crippen LogP contribution < -0.4 is 19.7 Å². The highest BCUT2D eigenvalue weighted by Crippen LogP contribution is 2.35. The van der Waals surface area contributed by atoms with Crippen LogP contribution >= 0.6 is 0 Å². The molecule has 0 radical (unpaired) electrons. The van der Waals surface area contributed by atoms with Crippen LogP contribution in [0.2, 0.25) is 0 Å². The summed E-state index contributed by atoms with van der Waals surface area (Å²) in [5.41, 5.74) is 1.37. The van der Waals surface area contributed by atoms with Crippen molar-refractivity contribution in [2.45, 2.75) is 12.5 Å². The lowest BCUT2D eigenvalue weighted by Gasteiger charge is -2.22. The molecule has 0 unspecified atom stereocenters. The highest BCUT2D eigenvalue weighted by atomic mass is 16.6. The fraction of sp³-hybridized carbons (Fsp3) is 0.217. The Morgan fingerprint density at radius 2 is 1.76 bits per heavy atom. The van der Waals surface area contributed by atoms with E-state index in [9.17, 15) is 9.59 Å². The van der Waals surface area contributed by atoms with E-state index in [2.05, 4.69) is 5.32 Å². The Morgan fingerprint density at radius 3 is 2.66 bits per heavy atom. The van der Waals surface area contributed by atoms with Crippen LogP contribution in [0.25, 0.3) is 10.8 Å². The van der Waals surface area contributed by atoms with Crippen molar-refractivity contribution in [2.75, 3.05) is 24.7 Å². The standard InChI is InChI=1S/C23H20N2O4/c26-22-12-16(14-25(22)17-8-9-20-21(13-17)29-11-10-28-20)24-23(27)19-7-3-5-15-4-1-2-6-18(15)19/h1-9,13,16H,10-12,14H2,(H,24,27)/t16-/m1/s1. The summed E-state index contributed by atoms with van der Waals surface area (Å²) in [6.45, 7) is 1.44. The Bertz CT molecular complexity index is 1110. The van der Waals surface area contributed by atoms with Gasteiger partial charge in [0.05, 0.1) is 6.04 Å². The van der Waals surface area contributed by atoms with Crippen LogP contribution in [0.1, 0.15) is 16.8 Å². The fourth-order valence-electron chi connectivity index (χ4n) is 3.94. The molecule has 0 saturated carbocycles. The lowest BCUT2D eigenvalue weighted by Crippen LogP contribution is -2.37. The third-order valence-corrected chi connectivity index (χ3v) is 5.33. The zero-order valence-electron chi connectivity index (χ0n) is 15.8. The van der Waals surface area contributed by atoms with Gasteiger partial charge in [-0.3, -0.25) is 9.59 Å². The second-order valence-electron chi connectivity index (χ2n) is 7.23. The molecule has 29 heavy (non-hydrogen) atoms. The second-order valence-corrected chi connectivity index (χ2v) is 7.23. The van der Waals surface area contributed by atoms with Crippen LogP contribution in [0.3, 0.4) is 0 Å². The van der Waals surface area contributed by atoms with Crippen molar-refractivity contribution in [3.63, 3.8) is 0 Å². The average Bonchev–Trinajstić information content (AvgIpc) is 3.12. The van der Waals surface area contributed by atoms with Crippen LogP contribution in [0.5, 0.6) is 11.5 Å². The van der Waals surface area contributed by atoms with Crippen molar-refractivity contribution in [1.29, 1.82) is 0 Å². The third kappa shape index (κ3) is 3.27. The van der Waals surface area contributed by atoms with E-state index in [4.69, 9.17) is 9.47 Å². The van der Waals surface area contributed by atoms with Crippen LogP contribution in [-0.4, -0.2) is 37.6 Å². The summed E-state index contributed by atoms with van der Waals surface area (Å²) in [7, 11) is 0. The van der Waals surface area contributed by atoms with Gasteiger partial charge < -0.3 is 19.7 Å². The number of anilines is 1. The van der Waals surface area contributed by atoms with E-state index in [1.54, 1.807) is 4.90 Å². The van der Waals surface area contributed by atoms with Gasteiger partial charge in [0.25, 0.3) is 5.91 Å². The number of ether oxygens (including phenoxy) is 2. The molecule has 3 aromatic carbocycles. The van der Waals surface area contributed by atoms with E-state index < -0.39 is 0 Å². The molecule has 2 amide bonds. The van der Waals surface area contributed by atoms with Crippen molar-refractivity contribution in [3.8, 4) is 11.5 Å². The average molecular weight is 388 g/mol. The van der Waals surface area contributed by atoms with E-state index in [1.165, 1.54) is 0 Å². The van der Waals surface area contributed by atoms with Gasteiger partial charge in [0.2, 0.25) is 5.91 Å². The Morgan fingerprint density at radius 1 is 0.966 bits per heavy atom. The maximum Gasteiger partial charge on any atom is 0.252 e. The van der Waals surface area contributed by atoms with E-state index in [1.807, 2.05) is 60.7 Å². The van der Waals surface area contributed by atoms with Gasteiger partial charge in [-0.05, 0) is 29.0 Å². The van der Waals surface area contributed by atoms with Crippen LogP contribution in [-0.2, 0) is 4.79 Å². The number of benzene rings is 3. The predicted molar refractivity (Wildman–Crippen MR) is 110 cm³/mol. The molecule has 1 fully saturated rings. The minimum Gasteiger partial charge on any atom is -0.486 e. The highest BCUT2D eigenvalue weighted by molar-refractivity contribution is 6.07. The summed E-state index contributed by atoms with van der Waals surface area (Å²) in [4.78, 5) is 27.2. The predicted octanol–water partition coefficient (Wildman–Crippen LogP) is 3.15. The molecule has 2 aliphatic heterocycles. The largest absolute Gasteiger partial charge is 0.486 e. The van der Waals surface area contributed by atoms with Gasteiger partial charge in [-0.1, -0.05) is 36.4 Å². The quantitative estimate of drug-likeness (QED) is 0.749. The molecule has 1 saturated heterocycles. The van der Waals surface area contributed by atoms with Crippen molar-refractivity contribution in [2.24, 2.45) is 0 Å². The topological polar surface area (TPSA) is 67.9 Å². The molecular formula is C23H20N2O4. The molecule has 1 atom stereocenters. The van der Waals surface area contributed by atoms with Crippen LogP contribution in [0, 0.1) is 0 Å². The summed E-state index contributed by atoms with van der Waals surface area (Å²) in [5.74, 6) is 1.14. The molecule has 2 heterocycles. The lowest BCUT2D eigenvalue weighted by atomic mass is 10.0. The van der Waals surface area contributed by atoms with Crippen molar-refractivity contribution < 1.29 is 19.1 Å². The molecule has 146 valence electrons. The Labute approximate surface area is 168 Å². The summed E-state index contributed by atoms with van der Waals surface area (Å²) in [6, 6.07) is 18.7. The summed E-state index contributed by atoms with van der Waals surface area (Å²) in [5, 5.41) is 4.94. The summed E-state index contributed by atoms with van der Waals surface area (Å²) in [6.07, 6.45) is 0.269. The maximum atomic E-state index is 12.9. The smallest absolute Gasteiger partial charge is 0.252 e. The number of hydrogen-bond acceptors (Lipinski definition) is 4.